The summed E-state index contributed by atoms with van der Waals surface area (Å²) in [5, 5.41) is 6.22. The number of rotatable bonds is 4. The van der Waals surface area contributed by atoms with Crippen molar-refractivity contribution in [3.63, 3.8) is 0 Å². The van der Waals surface area contributed by atoms with Gasteiger partial charge in [0.1, 0.15) is 17.2 Å². The smallest absolute Gasteiger partial charge is 0.346 e. The summed E-state index contributed by atoms with van der Waals surface area (Å²) in [6.07, 6.45) is 0. The molecule has 0 aliphatic rings. The highest BCUT2D eigenvalue weighted by Crippen LogP contribution is 2.21. The van der Waals surface area contributed by atoms with E-state index in [4.69, 9.17) is 9.26 Å². The molecule has 8 heteroatoms. The van der Waals surface area contributed by atoms with Crippen molar-refractivity contribution in [2.75, 3.05) is 12.4 Å². The van der Waals surface area contributed by atoms with Crippen LogP contribution >= 0.6 is 0 Å². The van der Waals surface area contributed by atoms with Crippen molar-refractivity contribution >= 4 is 11.7 Å². The summed E-state index contributed by atoms with van der Waals surface area (Å²) in [7, 11) is 1.54. The van der Waals surface area contributed by atoms with E-state index in [9.17, 15) is 9.59 Å². The van der Waals surface area contributed by atoms with Crippen molar-refractivity contribution in [3.05, 3.63) is 58.3 Å². The lowest BCUT2D eigenvalue weighted by molar-refractivity contribution is 0.102. The molecule has 24 heavy (non-hydrogen) atoms. The van der Waals surface area contributed by atoms with E-state index in [0.29, 0.717) is 22.8 Å². The van der Waals surface area contributed by atoms with E-state index >= 15 is 0 Å². The molecule has 0 atom stereocenters. The minimum Gasteiger partial charge on any atom is -0.497 e. The molecule has 0 spiro atoms. The Bertz CT molecular complexity index is 945. The van der Waals surface area contributed by atoms with Gasteiger partial charge in [0.05, 0.1) is 12.8 Å². The monoisotopic (exact) mass is 326 g/mol. The molecule has 0 aliphatic carbocycles. The van der Waals surface area contributed by atoms with Crippen LogP contribution in [0, 0.1) is 6.92 Å². The first kappa shape index (κ1) is 15.5. The number of hydrogen-bond donors (Lipinski definition) is 2. The number of amides is 1. The Morgan fingerprint density at radius 2 is 2.12 bits per heavy atom. The second-order valence-electron chi connectivity index (χ2n) is 4.99. The van der Waals surface area contributed by atoms with E-state index in [1.54, 1.807) is 44.4 Å². The van der Waals surface area contributed by atoms with Crippen LogP contribution in [-0.2, 0) is 0 Å². The van der Waals surface area contributed by atoms with Gasteiger partial charge in [-0.2, -0.15) is 4.98 Å². The molecule has 2 heterocycles. The number of nitrogens with one attached hydrogen (secondary N) is 2. The number of carbonyl (C=O) groups excluding carboxylic acids is 1. The summed E-state index contributed by atoms with van der Waals surface area (Å²) < 4.78 is 10.0. The third kappa shape index (κ3) is 3.32. The van der Waals surface area contributed by atoms with Crippen LogP contribution in [-0.4, -0.2) is 28.1 Å². The fourth-order valence-electron chi connectivity index (χ4n) is 2.12. The van der Waals surface area contributed by atoms with Gasteiger partial charge in [-0.1, -0.05) is 17.3 Å². The van der Waals surface area contributed by atoms with Crippen molar-refractivity contribution in [2.24, 2.45) is 0 Å². The van der Waals surface area contributed by atoms with Crippen LogP contribution in [0.5, 0.6) is 5.75 Å². The molecule has 2 aromatic heterocycles. The van der Waals surface area contributed by atoms with E-state index in [1.165, 1.54) is 6.07 Å². The third-order valence-electron chi connectivity index (χ3n) is 3.22. The van der Waals surface area contributed by atoms with Crippen LogP contribution in [0.1, 0.15) is 16.2 Å². The van der Waals surface area contributed by atoms with E-state index in [2.05, 4.69) is 20.4 Å². The predicted octanol–water partition coefficient (Wildman–Crippen LogP) is 1.99. The standard InChI is InChI=1S/C16H14N4O4/c1-9-6-14(20-24-9)19-15(21)13-8-12(17-16(22)18-13)10-4-3-5-11(7-10)23-2/h3-8H,1-2H3,(H,17,18,22)(H,19,20,21). The number of anilines is 1. The van der Waals surface area contributed by atoms with Crippen LogP contribution < -0.4 is 15.7 Å². The highest BCUT2D eigenvalue weighted by atomic mass is 16.5. The van der Waals surface area contributed by atoms with Gasteiger partial charge in [0.25, 0.3) is 5.91 Å². The van der Waals surface area contributed by atoms with E-state index in [1.807, 2.05) is 0 Å². The van der Waals surface area contributed by atoms with Crippen LogP contribution in [0.4, 0.5) is 5.82 Å². The number of hydrogen-bond acceptors (Lipinski definition) is 6. The zero-order chi connectivity index (χ0) is 17.1. The Morgan fingerprint density at radius 3 is 2.83 bits per heavy atom. The number of H-pyrrole nitrogens is 1. The summed E-state index contributed by atoms with van der Waals surface area (Å²) in [4.78, 5) is 30.4. The average Bonchev–Trinajstić information content (AvgIpc) is 2.99. The van der Waals surface area contributed by atoms with Crippen LogP contribution in [0.15, 0.2) is 45.7 Å². The first-order chi connectivity index (χ1) is 11.5. The summed E-state index contributed by atoms with van der Waals surface area (Å²) in [5.41, 5.74) is 0.455. The molecular formula is C16H14N4O4. The molecule has 122 valence electrons. The molecule has 2 N–H and O–H groups in total. The number of aromatic nitrogens is 3. The number of ether oxygens (including phenoxy) is 1. The molecule has 3 aromatic rings. The topological polar surface area (TPSA) is 110 Å². The largest absolute Gasteiger partial charge is 0.497 e. The zero-order valence-corrected chi connectivity index (χ0v) is 13.0. The summed E-state index contributed by atoms with van der Waals surface area (Å²) >= 11 is 0. The third-order valence-corrected chi connectivity index (χ3v) is 3.22. The molecule has 0 fully saturated rings. The SMILES string of the molecule is COc1cccc(-c2cc(C(=O)Nc3cc(C)on3)[nH]c(=O)n2)c1. The molecular weight excluding hydrogens is 312 g/mol. The molecule has 0 aliphatic heterocycles. The first-order valence-electron chi connectivity index (χ1n) is 7.05. The number of aromatic amines is 1. The van der Waals surface area contributed by atoms with Gasteiger partial charge in [0.2, 0.25) is 0 Å². The summed E-state index contributed by atoms with van der Waals surface area (Å²) in [6.45, 7) is 1.71. The summed E-state index contributed by atoms with van der Waals surface area (Å²) in [5.74, 6) is 0.925. The number of carbonyl (C=O) groups is 1. The maximum Gasteiger partial charge on any atom is 0.346 e. The molecule has 0 saturated heterocycles. The van der Waals surface area contributed by atoms with Crippen LogP contribution in [0.25, 0.3) is 11.3 Å². The lowest BCUT2D eigenvalue weighted by Crippen LogP contribution is -2.21. The maximum absolute atomic E-state index is 12.3. The summed E-state index contributed by atoms with van der Waals surface area (Å²) in [6, 6.07) is 10.1. The van der Waals surface area contributed by atoms with E-state index in [0.717, 1.165) is 0 Å². The Kier molecular flexibility index (Phi) is 4.11. The van der Waals surface area contributed by atoms with Crippen molar-refractivity contribution in [3.8, 4) is 17.0 Å². The molecule has 1 aromatic carbocycles. The molecule has 1 amide bonds. The lowest BCUT2D eigenvalue weighted by Gasteiger charge is -2.06. The molecule has 8 nitrogen and oxygen atoms in total. The maximum atomic E-state index is 12.3. The van der Waals surface area contributed by atoms with E-state index in [-0.39, 0.29) is 11.5 Å². The van der Waals surface area contributed by atoms with Gasteiger partial charge >= 0.3 is 5.69 Å². The Labute approximate surface area is 136 Å². The molecule has 3 rings (SSSR count). The van der Waals surface area contributed by atoms with Gasteiger partial charge in [-0.05, 0) is 25.1 Å². The quantitative estimate of drug-likeness (QED) is 0.758. The van der Waals surface area contributed by atoms with Crippen molar-refractivity contribution in [1.29, 1.82) is 0 Å². The second-order valence-corrected chi connectivity index (χ2v) is 4.99. The van der Waals surface area contributed by atoms with Crippen LogP contribution in [0.2, 0.25) is 0 Å². The van der Waals surface area contributed by atoms with Crippen molar-refractivity contribution in [1.82, 2.24) is 15.1 Å². The highest BCUT2D eigenvalue weighted by Gasteiger charge is 2.13. The molecule has 0 saturated carbocycles. The highest BCUT2D eigenvalue weighted by molar-refractivity contribution is 6.02. The van der Waals surface area contributed by atoms with Gasteiger partial charge in [-0.25, -0.2) is 4.79 Å². The molecule has 0 radical (unpaired) electrons. The zero-order valence-electron chi connectivity index (χ0n) is 13.0. The number of methoxy groups -OCH3 is 1. The van der Waals surface area contributed by atoms with Gasteiger partial charge < -0.3 is 19.6 Å². The van der Waals surface area contributed by atoms with Crippen LogP contribution in [0.3, 0.4) is 0 Å². The molecule has 0 bridgehead atoms. The Balaban J connectivity index is 1.93. The minimum atomic E-state index is -0.628. The van der Waals surface area contributed by atoms with Gasteiger partial charge in [0, 0.05) is 11.6 Å². The predicted molar refractivity (Wildman–Crippen MR) is 86.0 cm³/mol. The average molecular weight is 326 g/mol. The van der Waals surface area contributed by atoms with Gasteiger partial charge in [-0.3, -0.25) is 4.79 Å². The lowest BCUT2D eigenvalue weighted by atomic mass is 10.1. The normalized spacial score (nSPS) is 10.4. The fraction of sp³-hybridized carbons (Fsp3) is 0.125. The van der Waals surface area contributed by atoms with E-state index < -0.39 is 11.6 Å². The first-order valence-corrected chi connectivity index (χ1v) is 7.05. The Hall–Kier alpha value is -3.42. The van der Waals surface area contributed by atoms with Gasteiger partial charge in [0.15, 0.2) is 5.82 Å². The number of benzene rings is 1. The number of nitrogens with zero attached hydrogens (tertiary/aromatic N) is 2. The second kappa shape index (κ2) is 6.37. The van der Waals surface area contributed by atoms with Crippen molar-refractivity contribution in [2.45, 2.75) is 6.92 Å². The molecule has 0 unspecified atom stereocenters. The van der Waals surface area contributed by atoms with Crippen molar-refractivity contribution < 1.29 is 14.1 Å². The number of aryl methyl sites for hydroxylation is 1. The van der Waals surface area contributed by atoms with Gasteiger partial charge in [-0.15, -0.1) is 0 Å². The Morgan fingerprint density at radius 1 is 1.29 bits per heavy atom. The minimum absolute atomic E-state index is 0.0634. The fourth-order valence-corrected chi connectivity index (χ4v) is 2.12.